The molecule has 0 radical (unpaired) electrons. The molecule has 27 heavy (non-hydrogen) atoms. The van der Waals surface area contributed by atoms with Crippen LogP contribution < -0.4 is 4.99 Å². The summed E-state index contributed by atoms with van der Waals surface area (Å²) in [6.45, 7) is 4.20. The Balaban J connectivity index is 2.41. The van der Waals surface area contributed by atoms with Crippen LogP contribution in [0.1, 0.15) is 71.1 Å². The van der Waals surface area contributed by atoms with Crippen LogP contribution in [0.25, 0.3) is 0 Å². The molecule has 0 saturated carbocycles. The molecule has 0 aromatic rings. The van der Waals surface area contributed by atoms with Gasteiger partial charge in [0.2, 0.25) is 0 Å². The molecule has 1 rings (SSSR count). The summed E-state index contributed by atoms with van der Waals surface area (Å²) in [5.41, 5.74) is 0. The minimum atomic E-state index is -4.46. The summed E-state index contributed by atoms with van der Waals surface area (Å²) in [6.07, 6.45) is 10.9. The van der Waals surface area contributed by atoms with Crippen LogP contribution in [0.15, 0.2) is 0 Å². The average Bonchev–Trinajstić information content (AvgIpc) is 2.94. The zero-order chi connectivity index (χ0) is 20.2. The number of nitrogens with zero attached hydrogens (tertiary/aromatic N) is 1. The molecule has 0 spiro atoms. The van der Waals surface area contributed by atoms with E-state index in [4.69, 9.17) is 0 Å². The molecule has 1 aliphatic heterocycles. The molecule has 0 aromatic carbocycles. The van der Waals surface area contributed by atoms with Crippen molar-refractivity contribution >= 4 is 16.0 Å². The molecular formula is C19H39N2O5S+. The van der Waals surface area contributed by atoms with E-state index in [1.165, 1.54) is 44.9 Å². The first-order chi connectivity index (χ1) is 12.8. The van der Waals surface area contributed by atoms with Gasteiger partial charge in [-0.05, 0) is 6.42 Å². The van der Waals surface area contributed by atoms with Crippen molar-refractivity contribution in [3.05, 3.63) is 0 Å². The number of aliphatic hydroxyl groups is 2. The van der Waals surface area contributed by atoms with Crippen LogP contribution in [0.5, 0.6) is 0 Å². The van der Waals surface area contributed by atoms with Crippen molar-refractivity contribution in [1.29, 1.82) is 0 Å². The standard InChI is InChI=1S/C19H38N2O5S/c1-2-3-4-5-6-7-8-9-10-11-19-20-12-13-21(19,14-15-22)16-18(23)17-27(24,25)26/h18,22-23H,2-17H2,1H3/p+1. The van der Waals surface area contributed by atoms with Gasteiger partial charge < -0.3 is 14.8 Å². The lowest BCUT2D eigenvalue weighted by Crippen LogP contribution is -2.73. The molecule has 2 atom stereocenters. The first-order valence-corrected chi connectivity index (χ1v) is 12.1. The molecule has 1 aliphatic rings. The smallest absolute Gasteiger partial charge is 0.337 e. The number of nitrogens with one attached hydrogen (secondary N) is 1. The van der Waals surface area contributed by atoms with Crippen molar-refractivity contribution < 1.29 is 32.7 Å². The van der Waals surface area contributed by atoms with Crippen molar-refractivity contribution in [2.75, 3.05) is 38.5 Å². The fraction of sp³-hybridized carbons (Fsp3) is 0.947. The van der Waals surface area contributed by atoms with Crippen LogP contribution in [0.2, 0.25) is 0 Å². The number of hydrogen-bond donors (Lipinski definition) is 3. The third kappa shape index (κ3) is 9.99. The number of amidine groups is 1. The van der Waals surface area contributed by atoms with Gasteiger partial charge in [0.1, 0.15) is 25.7 Å². The van der Waals surface area contributed by atoms with Gasteiger partial charge in [-0.15, -0.1) is 0 Å². The number of rotatable bonds is 16. The maximum absolute atomic E-state index is 10.9. The van der Waals surface area contributed by atoms with Gasteiger partial charge in [-0.25, -0.2) is 12.9 Å². The van der Waals surface area contributed by atoms with Crippen LogP contribution in [0, 0.1) is 0 Å². The van der Waals surface area contributed by atoms with Gasteiger partial charge in [0.05, 0.1) is 28.9 Å². The number of unbranched alkanes of at least 4 members (excludes halogenated alkanes) is 8. The first kappa shape index (κ1) is 24.5. The zero-order valence-corrected chi connectivity index (χ0v) is 17.7. The fourth-order valence-electron chi connectivity index (χ4n) is 4.07. The van der Waals surface area contributed by atoms with Gasteiger partial charge in [0, 0.05) is 0 Å². The first-order valence-electron chi connectivity index (χ1n) is 10.5. The summed E-state index contributed by atoms with van der Waals surface area (Å²) < 4.78 is 33.1. The zero-order valence-electron chi connectivity index (χ0n) is 16.9. The van der Waals surface area contributed by atoms with E-state index in [2.05, 4.69) is 11.9 Å². The molecule has 0 aliphatic carbocycles. The predicted molar refractivity (Wildman–Crippen MR) is 105 cm³/mol. The molecule has 7 nitrogen and oxygen atoms in total. The van der Waals surface area contributed by atoms with Crippen LogP contribution in [-0.4, -0.2) is 78.1 Å². The average molecular weight is 408 g/mol. The third-order valence-electron chi connectivity index (χ3n) is 5.44. The van der Waals surface area contributed by atoms with E-state index in [0.717, 1.165) is 31.6 Å². The Labute approximate surface area is 164 Å². The largest absolute Gasteiger partial charge is 0.748 e. The minimum Gasteiger partial charge on any atom is -0.748 e. The number of aliphatic hydroxyl groups excluding tert-OH is 2. The van der Waals surface area contributed by atoms with Crippen molar-refractivity contribution in [2.24, 2.45) is 0 Å². The van der Waals surface area contributed by atoms with E-state index in [-0.39, 0.29) is 13.2 Å². The SMILES string of the molecule is CCCCCCCCCCCC1=[NH+]CC[N+]1(CCO)CC(O)CS(=O)(=O)[O-]. The Morgan fingerprint density at radius 3 is 2.26 bits per heavy atom. The lowest BCUT2D eigenvalue weighted by atomic mass is 10.1. The van der Waals surface area contributed by atoms with Crippen LogP contribution in [0.4, 0.5) is 0 Å². The highest BCUT2D eigenvalue weighted by molar-refractivity contribution is 7.85. The molecule has 8 heteroatoms. The van der Waals surface area contributed by atoms with Crippen LogP contribution in [-0.2, 0) is 10.1 Å². The summed E-state index contributed by atoms with van der Waals surface area (Å²) in [5.74, 6) is 0.276. The normalized spacial score (nSPS) is 21.4. The molecule has 0 saturated heterocycles. The van der Waals surface area contributed by atoms with Gasteiger partial charge in [0.15, 0.2) is 6.54 Å². The highest BCUT2D eigenvalue weighted by atomic mass is 32.2. The Bertz CT molecular complexity index is 538. The summed E-state index contributed by atoms with van der Waals surface area (Å²) in [6, 6.07) is 0. The van der Waals surface area contributed by atoms with Crippen LogP contribution >= 0.6 is 0 Å². The molecule has 0 amide bonds. The van der Waals surface area contributed by atoms with Crippen LogP contribution in [0.3, 0.4) is 0 Å². The molecule has 0 bridgehead atoms. The number of hydrogen-bond acceptors (Lipinski definition) is 5. The molecule has 1 heterocycles. The van der Waals surface area contributed by atoms with Gasteiger partial charge >= 0.3 is 5.84 Å². The highest BCUT2D eigenvalue weighted by Gasteiger charge is 2.44. The van der Waals surface area contributed by atoms with Gasteiger partial charge in [0.25, 0.3) is 0 Å². The summed E-state index contributed by atoms with van der Waals surface area (Å²) in [4.78, 5) is 3.36. The fourth-order valence-corrected chi connectivity index (χ4v) is 4.64. The summed E-state index contributed by atoms with van der Waals surface area (Å²) in [7, 11) is -4.46. The van der Waals surface area contributed by atoms with Gasteiger partial charge in [-0.2, -0.15) is 4.99 Å². The summed E-state index contributed by atoms with van der Waals surface area (Å²) in [5, 5.41) is 19.5. The van der Waals surface area contributed by atoms with E-state index < -0.39 is 22.0 Å². The topological polar surface area (TPSA) is 112 Å². The molecule has 0 aromatic heterocycles. The van der Waals surface area contributed by atoms with Crippen molar-refractivity contribution in [3.63, 3.8) is 0 Å². The van der Waals surface area contributed by atoms with Crippen molar-refractivity contribution in [1.82, 2.24) is 0 Å². The molecule has 160 valence electrons. The van der Waals surface area contributed by atoms with E-state index in [9.17, 15) is 23.2 Å². The second-order valence-corrected chi connectivity index (χ2v) is 9.28. The lowest BCUT2D eigenvalue weighted by molar-refractivity contribution is -0.842. The maximum atomic E-state index is 10.9. The van der Waals surface area contributed by atoms with Crippen molar-refractivity contribution in [3.8, 4) is 0 Å². The maximum Gasteiger partial charge on any atom is 0.337 e. The second-order valence-electron chi connectivity index (χ2n) is 7.83. The monoisotopic (exact) mass is 407 g/mol. The third-order valence-corrected chi connectivity index (χ3v) is 6.24. The summed E-state index contributed by atoms with van der Waals surface area (Å²) >= 11 is 0. The predicted octanol–water partition coefficient (Wildman–Crippen LogP) is 0.115. The Hall–Kier alpha value is -0.540. The Kier molecular flexibility index (Phi) is 11.6. The van der Waals surface area contributed by atoms with E-state index >= 15 is 0 Å². The number of quaternary nitrogens is 1. The lowest BCUT2D eigenvalue weighted by Gasteiger charge is -2.32. The quantitative estimate of drug-likeness (QED) is 0.191. The Morgan fingerprint density at radius 2 is 1.70 bits per heavy atom. The van der Waals surface area contributed by atoms with E-state index in [0.29, 0.717) is 17.6 Å². The van der Waals surface area contributed by atoms with E-state index in [1.54, 1.807) is 0 Å². The molecule has 3 N–H and O–H groups in total. The van der Waals surface area contributed by atoms with Crippen molar-refractivity contribution in [2.45, 2.75) is 77.2 Å². The molecular weight excluding hydrogens is 368 g/mol. The Morgan fingerprint density at radius 1 is 1.11 bits per heavy atom. The van der Waals surface area contributed by atoms with E-state index in [1.807, 2.05) is 0 Å². The minimum absolute atomic E-state index is 0.0419. The molecule has 2 unspecified atom stereocenters. The second kappa shape index (κ2) is 12.8. The van der Waals surface area contributed by atoms with Gasteiger partial charge in [-0.1, -0.05) is 58.3 Å². The van der Waals surface area contributed by atoms with Gasteiger partial charge in [-0.3, -0.25) is 0 Å². The molecule has 0 fully saturated rings. The highest BCUT2D eigenvalue weighted by Crippen LogP contribution is 2.16.